The van der Waals surface area contributed by atoms with Crippen molar-refractivity contribution in [1.82, 2.24) is 9.97 Å². The third-order valence-corrected chi connectivity index (χ3v) is 2.68. The van der Waals surface area contributed by atoms with Gasteiger partial charge in [0.2, 0.25) is 0 Å². The first-order chi connectivity index (χ1) is 10.9. The van der Waals surface area contributed by atoms with Crippen LogP contribution in [0.1, 0.15) is 0 Å². The van der Waals surface area contributed by atoms with Gasteiger partial charge in [-0.1, -0.05) is 12.1 Å². The third-order valence-electron chi connectivity index (χ3n) is 2.68. The van der Waals surface area contributed by atoms with Crippen LogP contribution in [0.2, 0.25) is 0 Å². The monoisotopic (exact) mass is 288 g/mol. The lowest BCUT2D eigenvalue weighted by atomic mass is 10.3. The van der Waals surface area contributed by atoms with Gasteiger partial charge in [0, 0.05) is 12.4 Å². The molecule has 0 N–H and O–H groups in total. The van der Waals surface area contributed by atoms with Crippen molar-refractivity contribution < 1.29 is 0 Å². The molecule has 0 amide bonds. The molecule has 2 aromatic heterocycles. The molecule has 22 heavy (non-hydrogen) atoms. The fourth-order valence-electron chi connectivity index (χ4n) is 1.63. The molecule has 0 bridgehead atoms. The molecule has 0 unspecified atom stereocenters. The Labute approximate surface area is 127 Å². The van der Waals surface area contributed by atoms with Crippen molar-refractivity contribution in [3.8, 4) is 0 Å². The minimum atomic E-state index is 0.571. The lowest BCUT2D eigenvalue weighted by Crippen LogP contribution is -1.70. The standard InChI is InChI=1S/C16H12N6/c1-3-11-17-15(5-1)21-19-13-7-9-14(10-8-13)20-22-16-6-2-4-12-18-16/h1-12H. The van der Waals surface area contributed by atoms with E-state index in [-0.39, 0.29) is 0 Å². The van der Waals surface area contributed by atoms with Crippen LogP contribution in [-0.2, 0) is 0 Å². The molecule has 0 aliphatic heterocycles. The molecular weight excluding hydrogens is 276 g/mol. The van der Waals surface area contributed by atoms with Crippen LogP contribution in [0.3, 0.4) is 0 Å². The highest BCUT2D eigenvalue weighted by Crippen LogP contribution is 2.22. The molecule has 2 heterocycles. The molecule has 0 fully saturated rings. The maximum Gasteiger partial charge on any atom is 0.174 e. The summed E-state index contributed by atoms with van der Waals surface area (Å²) in [5.41, 5.74) is 1.45. The summed E-state index contributed by atoms with van der Waals surface area (Å²) in [6, 6.07) is 18.3. The zero-order chi connectivity index (χ0) is 15.0. The van der Waals surface area contributed by atoms with Gasteiger partial charge in [0.05, 0.1) is 11.4 Å². The fraction of sp³-hybridized carbons (Fsp3) is 0. The van der Waals surface area contributed by atoms with Crippen molar-refractivity contribution in [2.24, 2.45) is 20.5 Å². The predicted octanol–water partition coefficient (Wildman–Crippen LogP) is 5.31. The summed E-state index contributed by atoms with van der Waals surface area (Å²) in [5.74, 6) is 1.14. The second-order valence-electron chi connectivity index (χ2n) is 4.29. The topological polar surface area (TPSA) is 75.2 Å². The molecule has 0 radical (unpaired) electrons. The molecular formula is C16H12N6. The Morgan fingerprint density at radius 3 is 1.32 bits per heavy atom. The number of benzene rings is 1. The van der Waals surface area contributed by atoms with Crippen molar-refractivity contribution in [1.29, 1.82) is 0 Å². The van der Waals surface area contributed by atoms with Gasteiger partial charge >= 0.3 is 0 Å². The van der Waals surface area contributed by atoms with E-state index in [1.807, 2.05) is 48.5 Å². The van der Waals surface area contributed by atoms with Crippen LogP contribution in [0.4, 0.5) is 23.0 Å². The summed E-state index contributed by atoms with van der Waals surface area (Å²) in [7, 11) is 0. The zero-order valence-electron chi connectivity index (χ0n) is 11.6. The van der Waals surface area contributed by atoms with Gasteiger partial charge in [-0.15, -0.1) is 20.5 Å². The van der Waals surface area contributed by atoms with Gasteiger partial charge in [0.15, 0.2) is 11.6 Å². The number of azo groups is 2. The van der Waals surface area contributed by atoms with Crippen molar-refractivity contribution in [3.63, 3.8) is 0 Å². The van der Waals surface area contributed by atoms with Crippen LogP contribution in [0.15, 0.2) is 93.5 Å². The number of hydrogen-bond donors (Lipinski definition) is 0. The Bertz CT molecular complexity index is 698. The van der Waals surface area contributed by atoms with Gasteiger partial charge in [-0.25, -0.2) is 9.97 Å². The number of aromatic nitrogens is 2. The molecule has 0 spiro atoms. The minimum absolute atomic E-state index is 0.571. The molecule has 6 heteroatoms. The van der Waals surface area contributed by atoms with E-state index in [1.165, 1.54) is 0 Å². The van der Waals surface area contributed by atoms with Gasteiger partial charge in [-0.3, -0.25) is 0 Å². The van der Waals surface area contributed by atoms with Gasteiger partial charge in [0.25, 0.3) is 0 Å². The molecule has 0 atom stereocenters. The normalized spacial score (nSPS) is 11.3. The van der Waals surface area contributed by atoms with E-state index in [0.717, 1.165) is 11.4 Å². The smallest absolute Gasteiger partial charge is 0.174 e. The summed E-state index contributed by atoms with van der Waals surface area (Å²) in [4.78, 5) is 8.15. The van der Waals surface area contributed by atoms with Crippen molar-refractivity contribution in [3.05, 3.63) is 73.1 Å². The van der Waals surface area contributed by atoms with E-state index >= 15 is 0 Å². The Hall–Kier alpha value is -3.28. The quantitative estimate of drug-likeness (QED) is 0.610. The van der Waals surface area contributed by atoms with Gasteiger partial charge in [-0.2, -0.15) is 0 Å². The first-order valence-electron chi connectivity index (χ1n) is 6.66. The molecule has 106 valence electrons. The number of rotatable bonds is 4. The van der Waals surface area contributed by atoms with E-state index < -0.39 is 0 Å². The maximum absolute atomic E-state index is 4.11. The third kappa shape index (κ3) is 3.86. The Morgan fingerprint density at radius 1 is 0.500 bits per heavy atom. The van der Waals surface area contributed by atoms with Crippen molar-refractivity contribution in [2.45, 2.75) is 0 Å². The van der Waals surface area contributed by atoms with Crippen LogP contribution in [0.25, 0.3) is 0 Å². The lowest BCUT2D eigenvalue weighted by Gasteiger charge is -1.94. The molecule has 3 rings (SSSR count). The average molecular weight is 288 g/mol. The first kappa shape index (κ1) is 13.7. The highest BCUT2D eigenvalue weighted by atomic mass is 15.2. The van der Waals surface area contributed by atoms with Gasteiger partial charge in [0.1, 0.15) is 0 Å². The highest BCUT2D eigenvalue weighted by Gasteiger charge is 1.94. The van der Waals surface area contributed by atoms with E-state index in [0.29, 0.717) is 11.6 Å². The summed E-state index contributed by atoms with van der Waals surface area (Å²) < 4.78 is 0. The Kier molecular flexibility index (Phi) is 4.32. The number of nitrogens with zero attached hydrogens (tertiary/aromatic N) is 6. The second kappa shape index (κ2) is 6.94. The molecule has 0 aliphatic carbocycles. The van der Waals surface area contributed by atoms with E-state index in [2.05, 4.69) is 30.4 Å². The largest absolute Gasteiger partial charge is 0.236 e. The predicted molar refractivity (Wildman–Crippen MR) is 83.3 cm³/mol. The fourth-order valence-corrected chi connectivity index (χ4v) is 1.63. The Balaban J connectivity index is 1.68. The van der Waals surface area contributed by atoms with Crippen LogP contribution in [0, 0.1) is 0 Å². The molecule has 0 saturated carbocycles. The van der Waals surface area contributed by atoms with E-state index in [9.17, 15) is 0 Å². The Morgan fingerprint density at radius 2 is 0.955 bits per heavy atom. The number of pyridine rings is 2. The second-order valence-corrected chi connectivity index (χ2v) is 4.29. The molecule has 1 aromatic carbocycles. The van der Waals surface area contributed by atoms with Gasteiger partial charge in [-0.05, 0) is 48.5 Å². The van der Waals surface area contributed by atoms with Crippen LogP contribution >= 0.6 is 0 Å². The molecule has 0 aliphatic rings. The highest BCUT2D eigenvalue weighted by molar-refractivity contribution is 5.47. The first-order valence-corrected chi connectivity index (χ1v) is 6.66. The van der Waals surface area contributed by atoms with Crippen molar-refractivity contribution in [2.75, 3.05) is 0 Å². The van der Waals surface area contributed by atoms with Gasteiger partial charge < -0.3 is 0 Å². The molecule has 3 aromatic rings. The zero-order valence-corrected chi connectivity index (χ0v) is 11.6. The average Bonchev–Trinajstić information content (AvgIpc) is 2.61. The van der Waals surface area contributed by atoms with Crippen molar-refractivity contribution >= 4 is 23.0 Å². The molecule has 0 saturated heterocycles. The van der Waals surface area contributed by atoms with E-state index in [4.69, 9.17) is 0 Å². The maximum atomic E-state index is 4.11. The summed E-state index contributed by atoms with van der Waals surface area (Å²) in [5, 5.41) is 16.3. The van der Waals surface area contributed by atoms with Crippen LogP contribution < -0.4 is 0 Å². The SMILES string of the molecule is c1ccc(N=Nc2ccc(N=Nc3ccccn3)cc2)nc1. The minimum Gasteiger partial charge on any atom is -0.236 e. The summed E-state index contributed by atoms with van der Waals surface area (Å²) in [6.07, 6.45) is 3.35. The van der Waals surface area contributed by atoms with Crippen LogP contribution in [0.5, 0.6) is 0 Å². The van der Waals surface area contributed by atoms with Crippen LogP contribution in [-0.4, -0.2) is 9.97 Å². The van der Waals surface area contributed by atoms with E-state index in [1.54, 1.807) is 24.5 Å². The molecule has 6 nitrogen and oxygen atoms in total. The number of hydrogen-bond acceptors (Lipinski definition) is 6. The summed E-state index contributed by atoms with van der Waals surface area (Å²) >= 11 is 0. The lowest BCUT2D eigenvalue weighted by molar-refractivity contribution is 1.14. The summed E-state index contributed by atoms with van der Waals surface area (Å²) in [6.45, 7) is 0.